The predicted octanol–water partition coefficient (Wildman–Crippen LogP) is 2.44. The van der Waals surface area contributed by atoms with Crippen molar-refractivity contribution in [1.82, 2.24) is 10.2 Å². The van der Waals surface area contributed by atoms with E-state index in [4.69, 9.17) is 0 Å². The van der Waals surface area contributed by atoms with E-state index in [1.165, 1.54) is 18.4 Å². The minimum atomic E-state index is -3.19. The van der Waals surface area contributed by atoms with E-state index in [2.05, 4.69) is 10.3 Å². The van der Waals surface area contributed by atoms with Crippen molar-refractivity contribution in [2.75, 3.05) is 20.4 Å². The zero-order valence-electron chi connectivity index (χ0n) is 14.5. The molecule has 0 atom stereocenters. The highest BCUT2D eigenvalue weighted by Gasteiger charge is 2.08. The molecule has 2 aromatic rings. The molecule has 0 aliphatic heterocycles. The van der Waals surface area contributed by atoms with Crippen molar-refractivity contribution >= 4 is 15.8 Å². The molecule has 0 bridgehead atoms. The topological polar surface area (TPSA) is 61.8 Å². The van der Waals surface area contributed by atoms with E-state index in [0.29, 0.717) is 23.9 Å². The van der Waals surface area contributed by atoms with Gasteiger partial charge in [-0.1, -0.05) is 24.3 Å². The molecule has 0 saturated heterocycles. The zero-order valence-corrected chi connectivity index (χ0v) is 15.3. The van der Waals surface area contributed by atoms with Gasteiger partial charge in [-0.05, 0) is 35.4 Å². The van der Waals surface area contributed by atoms with E-state index in [9.17, 15) is 12.8 Å². The Kier molecular flexibility index (Phi) is 6.14. The number of hydrogen-bond donors (Lipinski definition) is 1. The number of aliphatic imine (C=N–C) groups is 1. The molecular formula is C18H22FN3O2S. The molecule has 2 aromatic carbocycles. The molecule has 1 N–H and O–H groups in total. The van der Waals surface area contributed by atoms with Crippen LogP contribution in [0.4, 0.5) is 4.39 Å². The summed E-state index contributed by atoms with van der Waals surface area (Å²) in [5.74, 6) is 0.433. The van der Waals surface area contributed by atoms with Crippen LogP contribution in [0.1, 0.15) is 11.1 Å². The second-order valence-electron chi connectivity index (χ2n) is 5.80. The van der Waals surface area contributed by atoms with Gasteiger partial charge in [0.25, 0.3) is 0 Å². The Morgan fingerprint density at radius 1 is 1.08 bits per heavy atom. The van der Waals surface area contributed by atoms with Crippen LogP contribution < -0.4 is 5.32 Å². The zero-order chi connectivity index (χ0) is 18.4. The van der Waals surface area contributed by atoms with Crippen LogP contribution in [0.25, 0.3) is 0 Å². The first-order chi connectivity index (χ1) is 11.8. The predicted molar refractivity (Wildman–Crippen MR) is 97.6 cm³/mol. The molecule has 0 aliphatic rings. The Hall–Kier alpha value is -2.41. The number of benzene rings is 2. The molecule has 0 amide bonds. The van der Waals surface area contributed by atoms with Crippen molar-refractivity contribution in [3.05, 3.63) is 65.5 Å². The van der Waals surface area contributed by atoms with E-state index in [-0.39, 0.29) is 5.82 Å². The van der Waals surface area contributed by atoms with Gasteiger partial charge in [0.05, 0.1) is 4.90 Å². The fraction of sp³-hybridized carbons (Fsp3) is 0.278. The summed E-state index contributed by atoms with van der Waals surface area (Å²) in [6.07, 6.45) is 1.19. The molecule has 0 aliphatic carbocycles. The molecule has 2 rings (SSSR count). The van der Waals surface area contributed by atoms with Crippen LogP contribution in [-0.4, -0.2) is 39.6 Å². The quantitative estimate of drug-likeness (QED) is 0.655. The summed E-state index contributed by atoms with van der Waals surface area (Å²) >= 11 is 0. The number of rotatable bonds is 5. The van der Waals surface area contributed by atoms with E-state index < -0.39 is 9.84 Å². The van der Waals surface area contributed by atoms with Crippen molar-refractivity contribution in [1.29, 1.82) is 0 Å². The highest BCUT2D eigenvalue weighted by atomic mass is 32.2. The number of nitrogens with zero attached hydrogens (tertiary/aromatic N) is 2. The lowest BCUT2D eigenvalue weighted by Crippen LogP contribution is -2.38. The minimum absolute atomic E-state index is 0.258. The Bertz CT molecular complexity index is 832. The first-order valence-electron chi connectivity index (χ1n) is 7.75. The molecule has 0 unspecified atom stereocenters. The summed E-state index contributed by atoms with van der Waals surface area (Å²) in [5.41, 5.74) is 1.92. The third kappa shape index (κ3) is 5.56. The monoisotopic (exact) mass is 363 g/mol. The SMILES string of the molecule is CN=C(NCc1ccc(S(C)(=O)=O)cc1)N(C)Cc1ccc(F)cc1. The highest BCUT2D eigenvalue weighted by Crippen LogP contribution is 2.10. The Balaban J connectivity index is 1.96. The normalized spacial score (nSPS) is 12.1. The van der Waals surface area contributed by atoms with Gasteiger partial charge >= 0.3 is 0 Å². The van der Waals surface area contributed by atoms with E-state index in [0.717, 1.165) is 11.1 Å². The Morgan fingerprint density at radius 2 is 1.64 bits per heavy atom. The number of nitrogens with one attached hydrogen (secondary N) is 1. The van der Waals surface area contributed by atoms with Crippen LogP contribution >= 0.6 is 0 Å². The number of sulfone groups is 1. The number of hydrogen-bond acceptors (Lipinski definition) is 3. The first kappa shape index (κ1) is 18.9. The molecule has 134 valence electrons. The van der Waals surface area contributed by atoms with Gasteiger partial charge in [-0.3, -0.25) is 4.99 Å². The van der Waals surface area contributed by atoms with Crippen LogP contribution in [-0.2, 0) is 22.9 Å². The summed E-state index contributed by atoms with van der Waals surface area (Å²) in [4.78, 5) is 6.46. The fourth-order valence-corrected chi connectivity index (χ4v) is 2.99. The lowest BCUT2D eigenvalue weighted by Gasteiger charge is -2.22. The number of guanidine groups is 1. The average molecular weight is 363 g/mol. The summed E-state index contributed by atoms with van der Waals surface area (Å²) in [5, 5.41) is 3.23. The smallest absolute Gasteiger partial charge is 0.193 e. The van der Waals surface area contributed by atoms with Crippen molar-refractivity contribution < 1.29 is 12.8 Å². The van der Waals surface area contributed by atoms with E-state index in [1.54, 1.807) is 43.4 Å². The summed E-state index contributed by atoms with van der Waals surface area (Å²) < 4.78 is 35.9. The minimum Gasteiger partial charge on any atom is -0.352 e. The molecule has 0 fully saturated rings. The van der Waals surface area contributed by atoms with Crippen LogP contribution in [0.5, 0.6) is 0 Å². The van der Waals surface area contributed by atoms with Gasteiger partial charge in [0.15, 0.2) is 15.8 Å². The van der Waals surface area contributed by atoms with Crippen LogP contribution in [0, 0.1) is 5.82 Å². The van der Waals surface area contributed by atoms with Gasteiger partial charge in [0, 0.05) is 33.4 Å². The lowest BCUT2D eigenvalue weighted by molar-refractivity contribution is 0.476. The highest BCUT2D eigenvalue weighted by molar-refractivity contribution is 7.90. The van der Waals surface area contributed by atoms with Gasteiger partial charge in [0.1, 0.15) is 5.82 Å². The van der Waals surface area contributed by atoms with Crippen molar-refractivity contribution in [3.63, 3.8) is 0 Å². The summed E-state index contributed by atoms with van der Waals surface area (Å²) in [6.45, 7) is 1.11. The summed E-state index contributed by atoms with van der Waals surface area (Å²) in [6, 6.07) is 13.1. The molecule has 0 radical (unpaired) electrons. The Labute approximate surface area is 148 Å². The molecule has 25 heavy (non-hydrogen) atoms. The molecule has 0 saturated carbocycles. The molecule has 5 nitrogen and oxygen atoms in total. The van der Waals surface area contributed by atoms with Crippen LogP contribution in [0.2, 0.25) is 0 Å². The molecule has 0 aromatic heterocycles. The maximum absolute atomic E-state index is 13.0. The summed E-state index contributed by atoms with van der Waals surface area (Å²) in [7, 11) is 0.399. The van der Waals surface area contributed by atoms with Crippen molar-refractivity contribution in [2.24, 2.45) is 4.99 Å². The maximum atomic E-state index is 13.0. The first-order valence-corrected chi connectivity index (χ1v) is 9.64. The molecule has 0 heterocycles. The molecule has 7 heteroatoms. The van der Waals surface area contributed by atoms with E-state index >= 15 is 0 Å². The van der Waals surface area contributed by atoms with Crippen molar-refractivity contribution in [3.8, 4) is 0 Å². The van der Waals surface area contributed by atoms with Crippen molar-refractivity contribution in [2.45, 2.75) is 18.0 Å². The van der Waals surface area contributed by atoms with Gasteiger partial charge in [-0.2, -0.15) is 0 Å². The maximum Gasteiger partial charge on any atom is 0.193 e. The third-order valence-corrected chi connectivity index (χ3v) is 4.84. The Morgan fingerprint density at radius 3 is 2.16 bits per heavy atom. The second kappa shape index (κ2) is 8.11. The number of halogens is 1. The molecule has 0 spiro atoms. The van der Waals surface area contributed by atoms with E-state index in [1.807, 2.05) is 11.9 Å². The average Bonchev–Trinajstić information content (AvgIpc) is 2.57. The van der Waals surface area contributed by atoms with Gasteiger partial charge < -0.3 is 10.2 Å². The second-order valence-corrected chi connectivity index (χ2v) is 7.82. The van der Waals surface area contributed by atoms with Gasteiger partial charge in [-0.25, -0.2) is 12.8 Å². The van der Waals surface area contributed by atoms with Gasteiger partial charge in [-0.15, -0.1) is 0 Å². The largest absolute Gasteiger partial charge is 0.352 e. The lowest BCUT2D eigenvalue weighted by atomic mass is 10.2. The van der Waals surface area contributed by atoms with Gasteiger partial charge in [0.2, 0.25) is 0 Å². The molecular weight excluding hydrogens is 341 g/mol. The standard InChI is InChI=1S/C18H22FN3O2S/c1-20-18(22(2)13-15-4-8-16(19)9-5-15)21-12-14-6-10-17(11-7-14)25(3,23)24/h4-11H,12-13H2,1-3H3,(H,20,21). The fourth-order valence-electron chi connectivity index (χ4n) is 2.36. The van der Waals surface area contributed by atoms with Crippen LogP contribution in [0.15, 0.2) is 58.4 Å². The third-order valence-electron chi connectivity index (χ3n) is 3.71. The van der Waals surface area contributed by atoms with Crippen LogP contribution in [0.3, 0.4) is 0 Å².